The van der Waals surface area contributed by atoms with Crippen LogP contribution >= 0.6 is 0 Å². The van der Waals surface area contributed by atoms with Gasteiger partial charge in [-0.1, -0.05) is 13.0 Å². The van der Waals surface area contributed by atoms with Crippen LogP contribution < -0.4 is 5.32 Å². The standard InChI is InChI=1S/C13H17F2N/c1-8-5-6-10(14)11(12(8)15)13-9(2)4-3-7-16-13/h5-6,9,13,16H,3-4,7H2,1-2H3. The second-order valence-corrected chi connectivity index (χ2v) is 4.64. The van der Waals surface area contributed by atoms with Crippen LogP contribution in [0.4, 0.5) is 8.78 Å². The van der Waals surface area contributed by atoms with Gasteiger partial charge in [-0.15, -0.1) is 0 Å². The number of piperidine rings is 1. The monoisotopic (exact) mass is 225 g/mol. The average Bonchev–Trinajstić information content (AvgIpc) is 2.27. The van der Waals surface area contributed by atoms with Crippen LogP contribution in [0.1, 0.15) is 36.9 Å². The van der Waals surface area contributed by atoms with Crippen LogP contribution in [0, 0.1) is 24.5 Å². The van der Waals surface area contributed by atoms with Crippen LogP contribution in [0.2, 0.25) is 0 Å². The molecule has 0 amide bonds. The molecule has 0 bridgehead atoms. The Hall–Kier alpha value is -0.960. The minimum Gasteiger partial charge on any atom is -0.310 e. The average molecular weight is 225 g/mol. The second kappa shape index (κ2) is 4.50. The normalized spacial score (nSPS) is 25.8. The Kier molecular flexibility index (Phi) is 3.24. The van der Waals surface area contributed by atoms with Gasteiger partial charge in [0, 0.05) is 11.6 Å². The predicted molar refractivity (Wildman–Crippen MR) is 60.2 cm³/mol. The maximum absolute atomic E-state index is 13.9. The summed E-state index contributed by atoms with van der Waals surface area (Å²) in [4.78, 5) is 0. The number of aryl methyl sites for hydroxylation is 1. The van der Waals surface area contributed by atoms with Gasteiger partial charge in [0.25, 0.3) is 0 Å². The molecule has 1 fully saturated rings. The van der Waals surface area contributed by atoms with E-state index >= 15 is 0 Å². The van der Waals surface area contributed by atoms with E-state index in [-0.39, 0.29) is 17.5 Å². The minimum absolute atomic E-state index is 0.186. The summed E-state index contributed by atoms with van der Waals surface area (Å²) in [6.07, 6.45) is 2.09. The van der Waals surface area contributed by atoms with Crippen LogP contribution in [-0.2, 0) is 0 Å². The van der Waals surface area contributed by atoms with Crippen molar-refractivity contribution in [3.8, 4) is 0 Å². The lowest BCUT2D eigenvalue weighted by molar-refractivity contribution is 0.291. The van der Waals surface area contributed by atoms with Crippen LogP contribution in [-0.4, -0.2) is 6.54 Å². The number of hydrogen-bond donors (Lipinski definition) is 1. The van der Waals surface area contributed by atoms with Gasteiger partial charge < -0.3 is 5.32 Å². The molecule has 0 spiro atoms. The number of benzene rings is 1. The fraction of sp³-hybridized carbons (Fsp3) is 0.538. The first-order chi connectivity index (χ1) is 7.61. The maximum Gasteiger partial charge on any atom is 0.133 e. The van der Waals surface area contributed by atoms with E-state index in [4.69, 9.17) is 0 Å². The molecular formula is C13H17F2N. The first-order valence-electron chi connectivity index (χ1n) is 5.79. The second-order valence-electron chi connectivity index (χ2n) is 4.64. The molecule has 1 heterocycles. The Balaban J connectivity index is 2.42. The maximum atomic E-state index is 13.9. The Morgan fingerprint density at radius 1 is 1.31 bits per heavy atom. The molecule has 1 aliphatic heterocycles. The van der Waals surface area contributed by atoms with Gasteiger partial charge >= 0.3 is 0 Å². The van der Waals surface area contributed by atoms with Crippen molar-refractivity contribution in [1.82, 2.24) is 5.32 Å². The van der Waals surface area contributed by atoms with Crippen molar-refractivity contribution >= 4 is 0 Å². The lowest BCUT2D eigenvalue weighted by Crippen LogP contribution is -2.34. The van der Waals surface area contributed by atoms with Gasteiger partial charge in [0.15, 0.2) is 0 Å². The Bertz CT molecular complexity index is 390. The van der Waals surface area contributed by atoms with Gasteiger partial charge in [0.05, 0.1) is 0 Å². The molecule has 3 heteroatoms. The number of halogens is 2. The van der Waals surface area contributed by atoms with Crippen LogP contribution in [0.25, 0.3) is 0 Å². The topological polar surface area (TPSA) is 12.0 Å². The molecule has 1 saturated heterocycles. The van der Waals surface area contributed by atoms with Gasteiger partial charge in [-0.05, 0) is 43.9 Å². The third kappa shape index (κ3) is 1.96. The van der Waals surface area contributed by atoms with Crippen LogP contribution in [0.15, 0.2) is 12.1 Å². The fourth-order valence-electron chi connectivity index (χ4n) is 2.40. The Morgan fingerprint density at radius 2 is 2.06 bits per heavy atom. The number of nitrogens with one attached hydrogen (secondary N) is 1. The zero-order valence-corrected chi connectivity index (χ0v) is 9.69. The molecule has 0 saturated carbocycles. The summed E-state index contributed by atoms with van der Waals surface area (Å²) in [6, 6.07) is 2.66. The van der Waals surface area contributed by atoms with E-state index in [1.54, 1.807) is 6.92 Å². The molecular weight excluding hydrogens is 208 g/mol. The van der Waals surface area contributed by atoms with Crippen molar-refractivity contribution < 1.29 is 8.78 Å². The minimum atomic E-state index is -0.436. The Morgan fingerprint density at radius 3 is 2.75 bits per heavy atom. The van der Waals surface area contributed by atoms with E-state index < -0.39 is 11.6 Å². The van der Waals surface area contributed by atoms with Crippen molar-refractivity contribution in [2.24, 2.45) is 5.92 Å². The molecule has 2 unspecified atom stereocenters. The molecule has 1 aromatic carbocycles. The highest BCUT2D eigenvalue weighted by atomic mass is 19.1. The highest BCUT2D eigenvalue weighted by Gasteiger charge is 2.28. The summed E-state index contributed by atoms with van der Waals surface area (Å²) in [5, 5.41) is 3.21. The third-order valence-electron chi connectivity index (χ3n) is 3.40. The van der Waals surface area contributed by atoms with Gasteiger partial charge in [0.1, 0.15) is 11.6 Å². The zero-order valence-electron chi connectivity index (χ0n) is 9.69. The first-order valence-corrected chi connectivity index (χ1v) is 5.79. The summed E-state index contributed by atoms with van der Waals surface area (Å²) in [7, 11) is 0. The largest absolute Gasteiger partial charge is 0.310 e. The smallest absolute Gasteiger partial charge is 0.133 e. The van der Waals surface area contributed by atoms with Crippen molar-refractivity contribution in [2.75, 3.05) is 6.54 Å². The summed E-state index contributed by atoms with van der Waals surface area (Å²) in [5.41, 5.74) is 0.725. The summed E-state index contributed by atoms with van der Waals surface area (Å²) < 4.78 is 27.6. The molecule has 2 rings (SSSR count). The van der Waals surface area contributed by atoms with Crippen molar-refractivity contribution in [3.63, 3.8) is 0 Å². The van der Waals surface area contributed by atoms with Crippen LogP contribution in [0.3, 0.4) is 0 Å². The molecule has 1 N–H and O–H groups in total. The molecule has 0 aromatic heterocycles. The molecule has 88 valence electrons. The van der Waals surface area contributed by atoms with Gasteiger partial charge in [-0.3, -0.25) is 0 Å². The van der Waals surface area contributed by atoms with Gasteiger partial charge in [0.2, 0.25) is 0 Å². The third-order valence-corrected chi connectivity index (χ3v) is 3.40. The molecule has 2 atom stereocenters. The fourth-order valence-corrected chi connectivity index (χ4v) is 2.40. The molecule has 1 aliphatic rings. The Labute approximate surface area is 94.9 Å². The van der Waals surface area contributed by atoms with E-state index in [1.807, 2.05) is 6.92 Å². The van der Waals surface area contributed by atoms with E-state index in [0.717, 1.165) is 19.4 Å². The van der Waals surface area contributed by atoms with Gasteiger partial charge in [-0.2, -0.15) is 0 Å². The molecule has 16 heavy (non-hydrogen) atoms. The summed E-state index contributed by atoms with van der Waals surface area (Å²) >= 11 is 0. The SMILES string of the molecule is Cc1ccc(F)c(C2NCCCC2C)c1F. The molecule has 1 aromatic rings. The van der Waals surface area contributed by atoms with Crippen LogP contribution in [0.5, 0.6) is 0 Å². The first kappa shape index (κ1) is 11.5. The summed E-state index contributed by atoms with van der Waals surface area (Å²) in [5.74, 6) is -0.555. The van der Waals surface area contributed by atoms with E-state index in [1.165, 1.54) is 12.1 Å². The highest BCUT2D eigenvalue weighted by Crippen LogP contribution is 2.32. The number of rotatable bonds is 1. The highest BCUT2D eigenvalue weighted by molar-refractivity contribution is 5.30. The molecule has 0 aliphatic carbocycles. The van der Waals surface area contributed by atoms with E-state index in [9.17, 15) is 8.78 Å². The van der Waals surface area contributed by atoms with E-state index in [0.29, 0.717) is 5.56 Å². The number of hydrogen-bond acceptors (Lipinski definition) is 1. The zero-order chi connectivity index (χ0) is 11.7. The van der Waals surface area contributed by atoms with Crippen molar-refractivity contribution in [1.29, 1.82) is 0 Å². The molecule has 1 nitrogen and oxygen atoms in total. The quantitative estimate of drug-likeness (QED) is 0.773. The lowest BCUT2D eigenvalue weighted by atomic mass is 9.86. The predicted octanol–water partition coefficient (Wildman–Crippen LogP) is 3.33. The van der Waals surface area contributed by atoms with Gasteiger partial charge in [-0.25, -0.2) is 8.78 Å². The van der Waals surface area contributed by atoms with Crippen molar-refractivity contribution in [3.05, 3.63) is 34.9 Å². The lowest BCUT2D eigenvalue weighted by Gasteiger charge is -2.31. The molecule has 0 radical (unpaired) electrons. The van der Waals surface area contributed by atoms with Crippen molar-refractivity contribution in [2.45, 2.75) is 32.7 Å². The summed E-state index contributed by atoms with van der Waals surface area (Å²) in [6.45, 7) is 4.55. The van der Waals surface area contributed by atoms with E-state index in [2.05, 4.69) is 5.32 Å².